The van der Waals surface area contributed by atoms with Gasteiger partial charge in [-0.05, 0) is 29.8 Å². The smallest absolute Gasteiger partial charge is 0.186 e. The molecule has 0 amide bonds. The van der Waals surface area contributed by atoms with Crippen LogP contribution in [0.2, 0.25) is 0 Å². The van der Waals surface area contributed by atoms with Crippen molar-refractivity contribution in [2.24, 2.45) is 0 Å². The third-order valence-electron chi connectivity index (χ3n) is 3.89. The summed E-state index contributed by atoms with van der Waals surface area (Å²) in [5.74, 6) is 1.96. The van der Waals surface area contributed by atoms with Crippen LogP contribution in [-0.2, 0) is 10.5 Å². The van der Waals surface area contributed by atoms with Gasteiger partial charge in [-0.25, -0.2) is 0 Å². The Morgan fingerprint density at radius 1 is 1.12 bits per heavy atom. The van der Waals surface area contributed by atoms with E-state index in [9.17, 15) is 4.79 Å². The van der Waals surface area contributed by atoms with Gasteiger partial charge < -0.3 is 14.8 Å². The van der Waals surface area contributed by atoms with Gasteiger partial charge >= 0.3 is 0 Å². The number of pyridine rings is 1. The van der Waals surface area contributed by atoms with Crippen molar-refractivity contribution < 1.29 is 14.3 Å². The molecule has 3 rings (SSSR count). The van der Waals surface area contributed by atoms with Crippen molar-refractivity contribution >= 4 is 39.2 Å². The van der Waals surface area contributed by atoms with E-state index in [4.69, 9.17) is 9.47 Å². The van der Waals surface area contributed by atoms with Gasteiger partial charge in [0.05, 0.1) is 19.7 Å². The minimum Gasteiger partial charge on any atom is -0.493 e. The van der Waals surface area contributed by atoms with Gasteiger partial charge in [0, 0.05) is 41.7 Å². The zero-order valence-corrected chi connectivity index (χ0v) is 15.7. The fourth-order valence-corrected chi connectivity index (χ4v) is 3.21. The van der Waals surface area contributed by atoms with Gasteiger partial charge in [0.1, 0.15) is 0 Å². The second-order valence-corrected chi connectivity index (χ2v) is 6.84. The Balaban J connectivity index is 1.93. The number of carbonyl (C=O) groups excluding carboxylic acids is 1. The first-order chi connectivity index (χ1) is 12.6. The van der Waals surface area contributed by atoms with Crippen LogP contribution in [0.3, 0.4) is 0 Å². The number of methoxy groups -OCH3 is 2. The summed E-state index contributed by atoms with van der Waals surface area (Å²) in [6.45, 7) is 1.58. The van der Waals surface area contributed by atoms with E-state index < -0.39 is 0 Å². The van der Waals surface area contributed by atoms with Crippen molar-refractivity contribution in [1.29, 1.82) is 0 Å². The van der Waals surface area contributed by atoms with Crippen LogP contribution in [0.5, 0.6) is 11.5 Å². The summed E-state index contributed by atoms with van der Waals surface area (Å²) in [7, 11) is 3.22. The molecule has 0 aliphatic rings. The minimum absolute atomic E-state index is 0.115. The Morgan fingerprint density at radius 2 is 1.88 bits per heavy atom. The number of nitrogens with one attached hydrogen (secondary N) is 1. The number of benzene rings is 2. The lowest BCUT2D eigenvalue weighted by atomic mass is 10.1. The van der Waals surface area contributed by atoms with Gasteiger partial charge in [-0.2, -0.15) is 0 Å². The standard InChI is InChI=1S/C20H20N2O3S/c1-13(23)26-12-14-5-4-6-15(9-14)22-17-7-8-21-18-11-20(25-3)19(24-2)10-16(17)18/h4-11H,12H2,1-3H3,(H,21,22). The molecule has 0 spiro atoms. The molecular formula is C20H20N2O3S. The van der Waals surface area contributed by atoms with Crippen LogP contribution >= 0.6 is 11.8 Å². The Hall–Kier alpha value is -2.73. The van der Waals surface area contributed by atoms with Crippen molar-refractivity contribution in [3.05, 3.63) is 54.2 Å². The highest BCUT2D eigenvalue weighted by molar-refractivity contribution is 8.12. The summed E-state index contributed by atoms with van der Waals surface area (Å²) in [4.78, 5) is 15.6. The molecule has 1 aromatic heterocycles. The predicted octanol–water partition coefficient (Wildman–Crippen LogP) is 4.78. The van der Waals surface area contributed by atoms with E-state index >= 15 is 0 Å². The highest BCUT2D eigenvalue weighted by atomic mass is 32.2. The number of carbonyl (C=O) groups is 1. The van der Waals surface area contributed by atoms with Crippen LogP contribution in [0.4, 0.5) is 11.4 Å². The normalized spacial score (nSPS) is 10.6. The summed E-state index contributed by atoms with van der Waals surface area (Å²) in [6.07, 6.45) is 1.76. The maximum absolute atomic E-state index is 11.2. The first-order valence-electron chi connectivity index (χ1n) is 8.11. The van der Waals surface area contributed by atoms with Crippen LogP contribution in [-0.4, -0.2) is 24.3 Å². The molecule has 1 N–H and O–H groups in total. The van der Waals surface area contributed by atoms with Crippen LogP contribution in [0.1, 0.15) is 12.5 Å². The summed E-state index contributed by atoms with van der Waals surface area (Å²) in [5.41, 5.74) is 3.78. The van der Waals surface area contributed by atoms with Crippen molar-refractivity contribution in [1.82, 2.24) is 4.98 Å². The third kappa shape index (κ3) is 4.08. The third-order valence-corrected chi connectivity index (χ3v) is 4.78. The molecule has 0 bridgehead atoms. The number of rotatable bonds is 6. The Morgan fingerprint density at radius 3 is 2.62 bits per heavy atom. The number of hydrogen-bond acceptors (Lipinski definition) is 6. The van der Waals surface area contributed by atoms with Crippen LogP contribution < -0.4 is 14.8 Å². The molecule has 134 valence electrons. The molecule has 3 aromatic rings. The first kappa shape index (κ1) is 18.1. The van der Waals surface area contributed by atoms with Gasteiger partial charge in [-0.15, -0.1) is 0 Å². The van der Waals surface area contributed by atoms with E-state index in [1.807, 2.05) is 42.5 Å². The number of nitrogens with zero attached hydrogens (tertiary/aromatic N) is 1. The van der Waals surface area contributed by atoms with E-state index in [0.717, 1.165) is 27.8 Å². The second kappa shape index (κ2) is 8.10. The fourth-order valence-electron chi connectivity index (χ4n) is 2.66. The van der Waals surface area contributed by atoms with Gasteiger partial charge in [0.15, 0.2) is 16.6 Å². The zero-order chi connectivity index (χ0) is 18.5. The maximum Gasteiger partial charge on any atom is 0.186 e. The van der Waals surface area contributed by atoms with Gasteiger partial charge in [-0.3, -0.25) is 9.78 Å². The molecule has 0 atom stereocenters. The number of thioether (sulfide) groups is 1. The Bertz CT molecular complexity index is 943. The molecule has 6 heteroatoms. The first-order valence-corrected chi connectivity index (χ1v) is 9.09. The van der Waals surface area contributed by atoms with Gasteiger partial charge in [0.25, 0.3) is 0 Å². The highest BCUT2D eigenvalue weighted by Crippen LogP contribution is 2.35. The molecule has 0 aliphatic carbocycles. The maximum atomic E-state index is 11.2. The molecule has 0 fully saturated rings. The highest BCUT2D eigenvalue weighted by Gasteiger charge is 2.10. The lowest BCUT2D eigenvalue weighted by molar-refractivity contribution is -0.109. The predicted molar refractivity (Wildman–Crippen MR) is 107 cm³/mol. The molecule has 0 radical (unpaired) electrons. The molecule has 2 aromatic carbocycles. The van der Waals surface area contributed by atoms with Crippen molar-refractivity contribution in [2.45, 2.75) is 12.7 Å². The van der Waals surface area contributed by atoms with Crippen LogP contribution in [0, 0.1) is 0 Å². The summed E-state index contributed by atoms with van der Waals surface area (Å²) in [6, 6.07) is 13.7. The molecule has 0 aliphatic heterocycles. The Kier molecular flexibility index (Phi) is 5.63. The van der Waals surface area contributed by atoms with Gasteiger partial charge in [0.2, 0.25) is 0 Å². The fraction of sp³-hybridized carbons (Fsp3) is 0.200. The van der Waals surface area contributed by atoms with E-state index in [0.29, 0.717) is 17.3 Å². The average molecular weight is 368 g/mol. The largest absolute Gasteiger partial charge is 0.493 e. The van der Waals surface area contributed by atoms with E-state index in [1.165, 1.54) is 11.8 Å². The quantitative estimate of drug-likeness (QED) is 0.676. The molecule has 0 saturated carbocycles. The van der Waals surface area contributed by atoms with Crippen molar-refractivity contribution in [3.8, 4) is 11.5 Å². The number of ether oxygens (including phenoxy) is 2. The number of hydrogen-bond donors (Lipinski definition) is 1. The molecular weight excluding hydrogens is 348 g/mol. The van der Waals surface area contributed by atoms with Crippen LogP contribution in [0.15, 0.2) is 48.7 Å². The van der Waals surface area contributed by atoms with E-state index in [-0.39, 0.29) is 5.12 Å². The zero-order valence-electron chi connectivity index (χ0n) is 14.9. The topological polar surface area (TPSA) is 60.5 Å². The molecule has 1 heterocycles. The number of anilines is 2. The summed E-state index contributed by atoms with van der Waals surface area (Å²) >= 11 is 1.30. The molecule has 0 saturated heterocycles. The monoisotopic (exact) mass is 368 g/mol. The molecule has 0 unspecified atom stereocenters. The molecule has 26 heavy (non-hydrogen) atoms. The SMILES string of the molecule is COc1cc2nccc(Nc3cccc(CSC(C)=O)c3)c2cc1OC. The Labute approximate surface area is 156 Å². The van der Waals surface area contributed by atoms with E-state index in [2.05, 4.69) is 10.3 Å². The lowest BCUT2D eigenvalue weighted by Crippen LogP contribution is -1.96. The van der Waals surface area contributed by atoms with Gasteiger partial charge in [-0.1, -0.05) is 23.9 Å². The van der Waals surface area contributed by atoms with E-state index in [1.54, 1.807) is 27.3 Å². The summed E-state index contributed by atoms with van der Waals surface area (Å²) < 4.78 is 10.8. The number of fused-ring (bicyclic) bond motifs is 1. The van der Waals surface area contributed by atoms with Crippen molar-refractivity contribution in [3.63, 3.8) is 0 Å². The lowest BCUT2D eigenvalue weighted by Gasteiger charge is -2.13. The van der Waals surface area contributed by atoms with Crippen molar-refractivity contribution in [2.75, 3.05) is 19.5 Å². The average Bonchev–Trinajstić information content (AvgIpc) is 2.66. The second-order valence-electron chi connectivity index (χ2n) is 5.69. The molecule has 5 nitrogen and oxygen atoms in total. The minimum atomic E-state index is 0.115. The number of aromatic nitrogens is 1. The van der Waals surface area contributed by atoms with Crippen LogP contribution in [0.25, 0.3) is 10.9 Å². The summed E-state index contributed by atoms with van der Waals surface area (Å²) in [5, 5.41) is 4.49.